The Kier molecular flexibility index (Phi) is 19.1. The molecule has 0 saturated carbocycles. The van der Waals surface area contributed by atoms with E-state index in [-0.39, 0.29) is 81.0 Å². The average molecular weight is 966 g/mol. The van der Waals surface area contributed by atoms with Crippen molar-refractivity contribution < 1.29 is 48.4 Å². The predicted octanol–water partition coefficient (Wildman–Crippen LogP) is 0.444. The van der Waals surface area contributed by atoms with Gasteiger partial charge in [0.1, 0.15) is 73.4 Å². The van der Waals surface area contributed by atoms with E-state index < -0.39 is 65.9 Å². The molecule has 1 aliphatic rings. The van der Waals surface area contributed by atoms with Crippen LogP contribution in [0.1, 0.15) is 66.1 Å². The highest BCUT2D eigenvalue weighted by Gasteiger charge is 2.36. The zero-order valence-corrected chi connectivity index (χ0v) is 40.2. The van der Waals surface area contributed by atoms with E-state index in [1.807, 2.05) is 32.0 Å². The van der Waals surface area contributed by atoms with Crippen molar-refractivity contribution in [3.8, 4) is 45.8 Å². The number of hydrogen-bond acceptors (Lipinski definition) is 16. The molecule has 12 N–H and O–H groups in total. The molecule has 0 fully saturated rings. The summed E-state index contributed by atoms with van der Waals surface area (Å²) in [4.78, 5) is 81.2. The number of likely N-dealkylation sites (N-methyl/N-ethyl adjacent to an activating group) is 1. The zero-order valence-electron chi connectivity index (χ0n) is 40.2. The van der Waals surface area contributed by atoms with Crippen molar-refractivity contribution in [1.82, 2.24) is 36.1 Å². The van der Waals surface area contributed by atoms with Gasteiger partial charge in [-0.3, -0.25) is 24.0 Å². The van der Waals surface area contributed by atoms with E-state index in [2.05, 4.69) is 31.2 Å². The van der Waals surface area contributed by atoms with Crippen molar-refractivity contribution in [3.05, 3.63) is 88.7 Å². The largest absolute Gasteiger partial charge is 0.491 e. The van der Waals surface area contributed by atoms with E-state index in [4.69, 9.17) is 31.4 Å². The molecule has 5 rings (SSSR count). The van der Waals surface area contributed by atoms with Gasteiger partial charge in [0.15, 0.2) is 5.82 Å². The molecule has 0 saturated heterocycles. The van der Waals surface area contributed by atoms with Crippen LogP contribution < -0.4 is 52.7 Å². The van der Waals surface area contributed by atoms with E-state index in [0.717, 1.165) is 4.90 Å². The predicted molar refractivity (Wildman–Crippen MR) is 258 cm³/mol. The van der Waals surface area contributed by atoms with Crippen molar-refractivity contribution in [2.45, 2.75) is 89.9 Å². The second kappa shape index (κ2) is 24.9. The number of aliphatic hydroxyl groups is 2. The molecule has 0 aliphatic carbocycles. The molecule has 21 heteroatoms. The molecule has 4 bridgehead atoms. The van der Waals surface area contributed by atoms with Crippen LogP contribution in [0, 0.1) is 25.2 Å². The van der Waals surface area contributed by atoms with E-state index in [1.54, 1.807) is 50.2 Å². The van der Waals surface area contributed by atoms with Crippen LogP contribution in [0.4, 0.5) is 0 Å². The molecule has 0 spiro atoms. The van der Waals surface area contributed by atoms with Crippen molar-refractivity contribution in [2.75, 3.05) is 46.4 Å². The number of amides is 5. The molecule has 3 aromatic carbocycles. The molecule has 374 valence electrons. The van der Waals surface area contributed by atoms with Crippen LogP contribution >= 0.6 is 0 Å². The van der Waals surface area contributed by atoms with E-state index in [1.165, 1.54) is 26.1 Å². The Morgan fingerprint density at radius 3 is 2.06 bits per heavy atom. The van der Waals surface area contributed by atoms with Gasteiger partial charge in [0.2, 0.25) is 23.6 Å². The third-order valence-corrected chi connectivity index (χ3v) is 11.3. The minimum absolute atomic E-state index is 0.0142. The maximum Gasteiger partial charge on any atom is 0.255 e. The van der Waals surface area contributed by atoms with E-state index in [9.17, 15) is 39.4 Å². The normalized spacial score (nSPS) is 17.1. The Balaban J connectivity index is 1.60. The lowest BCUT2D eigenvalue weighted by molar-refractivity contribution is -0.141. The van der Waals surface area contributed by atoms with E-state index >= 15 is 0 Å². The second-order valence-corrected chi connectivity index (χ2v) is 17.1. The van der Waals surface area contributed by atoms with Gasteiger partial charge in [0.25, 0.3) is 5.91 Å². The average Bonchev–Trinajstić information content (AvgIpc) is 3.33. The molecule has 1 aliphatic heterocycles. The smallest absolute Gasteiger partial charge is 0.255 e. The second-order valence-electron chi connectivity index (χ2n) is 17.1. The number of fused-ring (bicyclic) bond motifs is 5. The van der Waals surface area contributed by atoms with Gasteiger partial charge in [0.05, 0.1) is 29.1 Å². The summed E-state index contributed by atoms with van der Waals surface area (Å²) in [6, 6.07) is 13.3. The third kappa shape index (κ3) is 13.7. The fourth-order valence-electron chi connectivity index (χ4n) is 7.66. The van der Waals surface area contributed by atoms with Gasteiger partial charge in [0, 0.05) is 43.2 Å². The van der Waals surface area contributed by atoms with E-state index in [0.29, 0.717) is 45.2 Å². The molecule has 0 radical (unpaired) electrons. The molecule has 6 atom stereocenters. The quantitative estimate of drug-likeness (QED) is 0.0576. The maximum absolute atomic E-state index is 14.8. The first-order valence-electron chi connectivity index (χ1n) is 22.8. The fourth-order valence-corrected chi connectivity index (χ4v) is 7.66. The first-order chi connectivity index (χ1) is 33.4. The lowest BCUT2D eigenvalue weighted by atomic mass is 9.93. The number of benzene rings is 3. The number of aliphatic hydroxyl groups excluding tert-OH is 2. The summed E-state index contributed by atoms with van der Waals surface area (Å²) >= 11 is 0. The lowest BCUT2D eigenvalue weighted by Crippen LogP contribution is -2.56. The van der Waals surface area contributed by atoms with Crippen LogP contribution in [0.3, 0.4) is 0 Å². The Hall–Kier alpha value is -7.22. The summed E-state index contributed by atoms with van der Waals surface area (Å²) in [5.74, 6) is -2.19. The number of rotatable bonds is 19. The van der Waals surface area contributed by atoms with Gasteiger partial charge < -0.3 is 67.8 Å². The summed E-state index contributed by atoms with van der Waals surface area (Å²) in [6.07, 6.45) is -2.28. The fraction of sp³-hybridized carbons (Fsp3) is 0.429. The number of nitrogens with one attached hydrogen (secondary N) is 4. The number of aryl methyl sites for hydroxylation is 2. The number of nitrogens with two attached hydrogens (primary N) is 3. The van der Waals surface area contributed by atoms with Crippen molar-refractivity contribution in [3.63, 3.8) is 0 Å². The first-order valence-corrected chi connectivity index (χ1v) is 22.8. The minimum Gasteiger partial charge on any atom is -0.491 e. The number of carbonyl (C=O) groups is 5. The van der Waals surface area contributed by atoms with Gasteiger partial charge in [-0.2, -0.15) is 5.26 Å². The van der Waals surface area contributed by atoms with Gasteiger partial charge in [-0.25, -0.2) is 9.97 Å². The van der Waals surface area contributed by atoms with Crippen LogP contribution in [0.5, 0.6) is 17.2 Å². The molecule has 2 heterocycles. The lowest BCUT2D eigenvalue weighted by Gasteiger charge is -2.32. The molecule has 4 aromatic rings. The Morgan fingerprint density at radius 1 is 0.886 bits per heavy atom. The summed E-state index contributed by atoms with van der Waals surface area (Å²) < 4.78 is 17.9. The summed E-state index contributed by atoms with van der Waals surface area (Å²) in [5, 5.41) is 40.6. The molecule has 0 unspecified atom stereocenters. The minimum atomic E-state index is -1.50. The number of carbonyl (C=O) groups excluding carboxylic acids is 5. The standard InChI is InChI=1S/C49H63N11O10/c1-26(2)70-35-11-8-31(9-12-35)44-55-27(3)42(28(4)56-44)47(65)58-38(15-16-50)49(67)60(6)43-32-10-14-41(69-25-34(62)23-53)37(21-32)36-19-30(7-13-40(36)68-24-33(61)22-52)20-39(46(64)54-18-17-51)59-45(63)29(5)57-48(43)66/h7-14,19,21,26,29,33-34,38-39,43,61-62H,15-16,18,20,22-25,50,52-53H2,1-6H3,(H,54,64)(H,57,66)(H,58,65)(H,59,63)/t29-,33+,34+,38-,39-,43-/m0/s1. The van der Waals surface area contributed by atoms with Crippen molar-refractivity contribution in [2.24, 2.45) is 17.2 Å². The van der Waals surface area contributed by atoms with Crippen LogP contribution in [-0.4, -0.2) is 137 Å². The number of nitriles is 1. The SMILES string of the molecule is Cc1nc(-c2ccc(OC(C)C)cc2)nc(C)c1C(=O)N[C@@H](CCN)C(=O)N(C)[C@@H]1C(=O)N[C@@H](C)C(=O)N[C@H](C(=O)NCC#N)Cc2ccc(OC[C@H](O)CN)c(c2)-c2cc1ccc2OC[C@H](O)CN. The molecule has 5 amide bonds. The molecular weight excluding hydrogens is 903 g/mol. The number of ether oxygens (including phenoxy) is 3. The van der Waals surface area contributed by atoms with Gasteiger partial charge in [-0.05, 0) is 107 Å². The summed E-state index contributed by atoms with van der Waals surface area (Å²) in [7, 11) is 1.36. The molecule has 1 aromatic heterocycles. The van der Waals surface area contributed by atoms with Gasteiger partial charge >= 0.3 is 0 Å². The van der Waals surface area contributed by atoms with Gasteiger partial charge in [-0.1, -0.05) is 12.1 Å². The third-order valence-electron chi connectivity index (χ3n) is 11.3. The molecule has 21 nitrogen and oxygen atoms in total. The van der Waals surface area contributed by atoms with Crippen LogP contribution in [0.15, 0.2) is 60.7 Å². The maximum atomic E-state index is 14.8. The summed E-state index contributed by atoms with van der Waals surface area (Å²) in [6.45, 7) is 7.45. The number of aromatic nitrogens is 2. The van der Waals surface area contributed by atoms with Crippen molar-refractivity contribution >= 4 is 29.5 Å². The van der Waals surface area contributed by atoms with Gasteiger partial charge in [-0.15, -0.1) is 0 Å². The van der Waals surface area contributed by atoms with Crippen LogP contribution in [-0.2, 0) is 25.6 Å². The topological polar surface area (TPSA) is 332 Å². The summed E-state index contributed by atoms with van der Waals surface area (Å²) in [5.41, 5.74) is 20.3. The number of hydrogen-bond donors (Lipinski definition) is 9. The zero-order chi connectivity index (χ0) is 51.2. The Morgan fingerprint density at radius 2 is 1.49 bits per heavy atom. The first kappa shape index (κ1) is 53.7. The highest BCUT2D eigenvalue weighted by molar-refractivity contribution is 6.00. The van der Waals surface area contributed by atoms with Crippen LogP contribution in [0.25, 0.3) is 22.5 Å². The monoisotopic (exact) mass is 965 g/mol. The highest BCUT2D eigenvalue weighted by Crippen LogP contribution is 2.40. The number of nitrogens with zero attached hydrogens (tertiary/aromatic N) is 4. The van der Waals surface area contributed by atoms with Crippen LogP contribution in [0.2, 0.25) is 0 Å². The molecular formula is C49H63N11O10. The highest BCUT2D eigenvalue weighted by atomic mass is 16.5. The Bertz CT molecular complexity index is 2530. The van der Waals surface area contributed by atoms with Crippen molar-refractivity contribution in [1.29, 1.82) is 5.26 Å². The molecule has 70 heavy (non-hydrogen) atoms. The Labute approximate surface area is 406 Å².